The zero-order valence-corrected chi connectivity index (χ0v) is 22.3. The number of thioether (sulfide) groups is 1. The maximum Gasteiger partial charge on any atom is 0.261 e. The summed E-state index contributed by atoms with van der Waals surface area (Å²) >= 11 is 4.49. The smallest absolute Gasteiger partial charge is 0.261 e. The first-order valence-corrected chi connectivity index (χ1v) is 14.0. The molecule has 4 rings (SSSR count). The molecule has 9 heteroatoms. The van der Waals surface area contributed by atoms with Crippen molar-refractivity contribution in [1.29, 1.82) is 0 Å². The third kappa shape index (κ3) is 6.54. The highest BCUT2D eigenvalue weighted by Crippen LogP contribution is 2.37. The summed E-state index contributed by atoms with van der Waals surface area (Å²) < 4.78 is 42.8. The number of carbonyl (C=O) groups is 1. The van der Waals surface area contributed by atoms with Crippen LogP contribution in [0.25, 0.3) is 0 Å². The lowest BCUT2D eigenvalue weighted by Crippen LogP contribution is -2.19. The molecule has 1 atom stereocenters. The molecule has 0 saturated carbocycles. The van der Waals surface area contributed by atoms with Gasteiger partial charge in [0, 0.05) is 15.1 Å². The van der Waals surface area contributed by atoms with E-state index in [-0.39, 0.29) is 16.5 Å². The van der Waals surface area contributed by atoms with Crippen LogP contribution in [0.2, 0.25) is 0 Å². The number of hydrogen-bond donors (Lipinski definition) is 2. The van der Waals surface area contributed by atoms with Gasteiger partial charge in [-0.15, -0.1) is 11.8 Å². The van der Waals surface area contributed by atoms with Crippen molar-refractivity contribution in [3.05, 3.63) is 118 Å². The molecule has 0 radical (unpaired) electrons. The van der Waals surface area contributed by atoms with Crippen LogP contribution in [0.4, 0.5) is 15.8 Å². The normalized spacial score (nSPS) is 12.1. The molecule has 0 aliphatic carbocycles. The highest BCUT2D eigenvalue weighted by molar-refractivity contribution is 9.10. The van der Waals surface area contributed by atoms with Crippen molar-refractivity contribution >= 4 is 55.0 Å². The second-order valence-electron chi connectivity index (χ2n) is 7.96. The van der Waals surface area contributed by atoms with E-state index >= 15 is 0 Å². The molecule has 1 amide bonds. The Bertz CT molecular complexity index is 1460. The Hall–Kier alpha value is -3.14. The van der Waals surface area contributed by atoms with Gasteiger partial charge in [-0.25, -0.2) is 12.8 Å². The lowest BCUT2D eigenvalue weighted by atomic mass is 10.1. The monoisotopic (exact) mass is 584 g/mol. The molecular formula is C27H22BrFN2O3S2. The molecular weight excluding hydrogens is 563 g/mol. The van der Waals surface area contributed by atoms with Crippen LogP contribution in [0.3, 0.4) is 0 Å². The largest absolute Gasteiger partial charge is 0.322 e. The predicted octanol–water partition coefficient (Wildman–Crippen LogP) is 7.17. The van der Waals surface area contributed by atoms with Crippen molar-refractivity contribution in [1.82, 2.24) is 0 Å². The Morgan fingerprint density at radius 3 is 2.22 bits per heavy atom. The van der Waals surface area contributed by atoms with E-state index in [2.05, 4.69) is 26.0 Å². The number of benzene rings is 4. The summed E-state index contributed by atoms with van der Waals surface area (Å²) in [7, 11) is -3.72. The van der Waals surface area contributed by atoms with E-state index < -0.39 is 21.1 Å². The SMILES string of the molecule is Cc1ccc(S(=O)(=O)Nc2ccc(SC(C(=O)Nc3ccc(Br)cc3F)c3ccccc3)cc2)cc1. The highest BCUT2D eigenvalue weighted by Gasteiger charge is 2.23. The van der Waals surface area contributed by atoms with Gasteiger partial charge in [-0.2, -0.15) is 0 Å². The lowest BCUT2D eigenvalue weighted by Gasteiger charge is -2.18. The Morgan fingerprint density at radius 2 is 1.58 bits per heavy atom. The second-order valence-corrected chi connectivity index (χ2v) is 11.7. The minimum atomic E-state index is -3.72. The number of carbonyl (C=O) groups excluding carboxylic acids is 1. The van der Waals surface area contributed by atoms with Gasteiger partial charge in [-0.3, -0.25) is 9.52 Å². The Morgan fingerprint density at radius 1 is 0.917 bits per heavy atom. The van der Waals surface area contributed by atoms with E-state index in [4.69, 9.17) is 0 Å². The lowest BCUT2D eigenvalue weighted by molar-refractivity contribution is -0.115. The fraction of sp³-hybridized carbons (Fsp3) is 0.0741. The van der Waals surface area contributed by atoms with E-state index in [1.54, 1.807) is 54.6 Å². The van der Waals surface area contributed by atoms with Crippen molar-refractivity contribution in [2.45, 2.75) is 22.0 Å². The van der Waals surface area contributed by atoms with E-state index in [0.29, 0.717) is 10.2 Å². The Labute approximate surface area is 222 Å². The number of nitrogens with one attached hydrogen (secondary N) is 2. The van der Waals surface area contributed by atoms with Gasteiger partial charge in [0.15, 0.2) is 0 Å². The van der Waals surface area contributed by atoms with Crippen LogP contribution >= 0.6 is 27.7 Å². The quantitative estimate of drug-likeness (QED) is 0.215. The highest BCUT2D eigenvalue weighted by atomic mass is 79.9. The van der Waals surface area contributed by atoms with Gasteiger partial charge in [0.25, 0.3) is 10.0 Å². The first kappa shape index (κ1) is 25.9. The standard InChI is InChI=1S/C27H22BrFN2O3S2/c1-18-7-14-23(15-8-18)36(33,34)31-21-10-12-22(13-11-21)35-26(19-5-3-2-4-6-19)27(32)30-25-16-9-20(28)17-24(25)29/h2-17,26,31H,1H3,(H,30,32). The molecule has 0 aliphatic rings. The van der Waals surface area contributed by atoms with Crippen molar-refractivity contribution in [2.24, 2.45) is 0 Å². The van der Waals surface area contributed by atoms with Crippen LogP contribution in [0.15, 0.2) is 111 Å². The van der Waals surface area contributed by atoms with Crippen LogP contribution in [-0.2, 0) is 14.8 Å². The molecule has 4 aromatic carbocycles. The van der Waals surface area contributed by atoms with Gasteiger partial charge < -0.3 is 5.32 Å². The Balaban J connectivity index is 1.52. The van der Waals surface area contributed by atoms with Crippen LogP contribution in [-0.4, -0.2) is 14.3 Å². The topological polar surface area (TPSA) is 75.3 Å². The molecule has 0 fully saturated rings. The number of hydrogen-bond acceptors (Lipinski definition) is 4. The molecule has 4 aromatic rings. The van der Waals surface area contributed by atoms with Crippen LogP contribution in [0, 0.1) is 12.7 Å². The molecule has 0 saturated heterocycles. The van der Waals surface area contributed by atoms with Crippen LogP contribution in [0.1, 0.15) is 16.4 Å². The second kappa shape index (κ2) is 11.3. The fourth-order valence-electron chi connectivity index (χ4n) is 3.36. The molecule has 5 nitrogen and oxygen atoms in total. The molecule has 2 N–H and O–H groups in total. The summed E-state index contributed by atoms with van der Waals surface area (Å²) in [6.07, 6.45) is 0. The zero-order chi connectivity index (χ0) is 25.7. The van der Waals surface area contributed by atoms with Crippen LogP contribution < -0.4 is 10.0 Å². The van der Waals surface area contributed by atoms with Gasteiger partial charge >= 0.3 is 0 Å². The summed E-state index contributed by atoms with van der Waals surface area (Å²) in [5.41, 5.74) is 2.21. The van der Waals surface area contributed by atoms with Gasteiger partial charge in [0.2, 0.25) is 5.91 Å². The first-order chi connectivity index (χ1) is 17.2. The molecule has 0 aromatic heterocycles. The molecule has 184 valence electrons. The molecule has 0 spiro atoms. The summed E-state index contributed by atoms with van der Waals surface area (Å²) in [6.45, 7) is 1.89. The first-order valence-electron chi connectivity index (χ1n) is 10.9. The number of sulfonamides is 1. The van der Waals surface area contributed by atoms with E-state index in [1.807, 2.05) is 37.3 Å². The maximum atomic E-state index is 14.3. The van der Waals surface area contributed by atoms with Crippen molar-refractivity contribution in [3.63, 3.8) is 0 Å². The van der Waals surface area contributed by atoms with E-state index in [0.717, 1.165) is 16.0 Å². The summed E-state index contributed by atoms with van der Waals surface area (Å²) in [5.74, 6) is -0.920. The maximum absolute atomic E-state index is 14.3. The fourth-order valence-corrected chi connectivity index (χ4v) is 5.78. The Kier molecular flexibility index (Phi) is 8.13. The molecule has 1 unspecified atom stereocenters. The van der Waals surface area contributed by atoms with Gasteiger partial charge in [-0.1, -0.05) is 64.0 Å². The van der Waals surface area contributed by atoms with Gasteiger partial charge in [-0.05, 0) is 67.1 Å². The van der Waals surface area contributed by atoms with Gasteiger partial charge in [0.05, 0.1) is 10.6 Å². The third-order valence-corrected chi connectivity index (χ3v) is 8.38. The third-order valence-electron chi connectivity index (χ3n) is 5.22. The molecule has 36 heavy (non-hydrogen) atoms. The average molecular weight is 586 g/mol. The average Bonchev–Trinajstić information content (AvgIpc) is 2.86. The molecule has 0 heterocycles. The number of amides is 1. The molecule has 0 bridgehead atoms. The van der Waals surface area contributed by atoms with Crippen molar-refractivity contribution < 1.29 is 17.6 Å². The van der Waals surface area contributed by atoms with Crippen molar-refractivity contribution in [2.75, 3.05) is 10.0 Å². The summed E-state index contributed by atoms with van der Waals surface area (Å²) in [6, 6.07) is 27.0. The van der Waals surface area contributed by atoms with Crippen LogP contribution in [0.5, 0.6) is 0 Å². The number of halogens is 2. The van der Waals surface area contributed by atoms with Gasteiger partial charge in [0.1, 0.15) is 11.1 Å². The van der Waals surface area contributed by atoms with Crippen molar-refractivity contribution in [3.8, 4) is 0 Å². The van der Waals surface area contributed by atoms with E-state index in [1.165, 1.54) is 23.9 Å². The number of aryl methyl sites for hydroxylation is 1. The minimum Gasteiger partial charge on any atom is -0.322 e. The zero-order valence-electron chi connectivity index (χ0n) is 19.1. The molecule has 0 aliphatic heterocycles. The minimum absolute atomic E-state index is 0.0885. The predicted molar refractivity (Wildman–Crippen MR) is 146 cm³/mol. The summed E-state index contributed by atoms with van der Waals surface area (Å²) in [4.78, 5) is 14.1. The number of rotatable bonds is 8. The number of anilines is 2. The van der Waals surface area contributed by atoms with E-state index in [9.17, 15) is 17.6 Å². The summed E-state index contributed by atoms with van der Waals surface area (Å²) in [5, 5.41) is 2.01.